The summed E-state index contributed by atoms with van der Waals surface area (Å²) in [5, 5.41) is 8.01. The molecule has 1 aliphatic rings. The fourth-order valence-electron chi connectivity index (χ4n) is 2.21. The lowest BCUT2D eigenvalue weighted by atomic mass is 10.2. The van der Waals surface area contributed by atoms with E-state index in [1.54, 1.807) is 0 Å². The van der Waals surface area contributed by atoms with Gasteiger partial charge in [0.1, 0.15) is 0 Å². The Hall–Kier alpha value is -2.22. The van der Waals surface area contributed by atoms with Gasteiger partial charge in [0.25, 0.3) is 5.56 Å². The summed E-state index contributed by atoms with van der Waals surface area (Å²) in [5.41, 5.74) is 0.263. The van der Waals surface area contributed by atoms with Crippen molar-refractivity contribution in [3.05, 3.63) is 26.4 Å². The quantitative estimate of drug-likeness (QED) is 0.694. The normalized spacial score (nSPS) is 15.9. The fourth-order valence-corrected chi connectivity index (χ4v) is 2.21. The van der Waals surface area contributed by atoms with Gasteiger partial charge in [0.05, 0.1) is 18.7 Å². The third-order valence-corrected chi connectivity index (χ3v) is 3.18. The van der Waals surface area contributed by atoms with E-state index in [0.29, 0.717) is 37.6 Å². The molecule has 2 aromatic rings. The Morgan fingerprint density at radius 2 is 1.89 bits per heavy atom. The van der Waals surface area contributed by atoms with Crippen LogP contribution in [0.4, 0.5) is 5.82 Å². The Morgan fingerprint density at radius 3 is 2.63 bits per heavy atom. The summed E-state index contributed by atoms with van der Waals surface area (Å²) in [6.07, 6.45) is 0. The maximum atomic E-state index is 11.6. The number of hydrogen-bond donors (Lipinski definition) is 2. The van der Waals surface area contributed by atoms with Crippen molar-refractivity contribution in [1.29, 1.82) is 0 Å². The molecule has 1 aliphatic heterocycles. The molecule has 0 aromatic carbocycles. The maximum absolute atomic E-state index is 11.6. The predicted octanol–water partition coefficient (Wildman–Crippen LogP) is -0.849. The third kappa shape index (κ3) is 1.99. The highest BCUT2D eigenvalue weighted by Crippen LogP contribution is 2.21. The van der Waals surface area contributed by atoms with Crippen molar-refractivity contribution < 1.29 is 4.74 Å². The highest BCUT2D eigenvalue weighted by atomic mass is 16.5. The van der Waals surface area contributed by atoms with Crippen molar-refractivity contribution in [3.8, 4) is 0 Å². The van der Waals surface area contributed by atoms with Crippen LogP contribution in [0.5, 0.6) is 0 Å². The number of aromatic amines is 2. The monoisotopic (exact) mass is 263 g/mol. The largest absolute Gasteiger partial charge is 0.378 e. The molecule has 0 bridgehead atoms. The van der Waals surface area contributed by atoms with Crippen LogP contribution in [0.25, 0.3) is 11.0 Å². The Balaban J connectivity index is 2.20. The molecular formula is C11H13N5O3. The molecule has 1 saturated heterocycles. The van der Waals surface area contributed by atoms with E-state index in [9.17, 15) is 9.59 Å². The number of morpholine rings is 1. The van der Waals surface area contributed by atoms with Gasteiger partial charge in [-0.25, -0.2) is 4.79 Å². The molecule has 19 heavy (non-hydrogen) atoms. The first-order valence-corrected chi connectivity index (χ1v) is 5.99. The van der Waals surface area contributed by atoms with Crippen LogP contribution in [-0.4, -0.2) is 46.5 Å². The SMILES string of the molecule is Cc1c(N2CCOCC2)nnc2c(=O)[nH]c(=O)[nH]c12. The highest BCUT2D eigenvalue weighted by molar-refractivity contribution is 5.79. The summed E-state index contributed by atoms with van der Waals surface area (Å²) in [5.74, 6) is 0.678. The number of nitrogens with one attached hydrogen (secondary N) is 2. The zero-order valence-electron chi connectivity index (χ0n) is 10.4. The molecule has 1 fully saturated rings. The molecule has 0 amide bonds. The molecule has 0 saturated carbocycles. The Bertz CT molecular complexity index is 729. The number of nitrogens with zero attached hydrogens (tertiary/aromatic N) is 3. The molecule has 2 N–H and O–H groups in total. The molecule has 8 heteroatoms. The number of hydrogen-bond acceptors (Lipinski definition) is 6. The van der Waals surface area contributed by atoms with Crippen molar-refractivity contribution >= 4 is 16.9 Å². The molecule has 0 aliphatic carbocycles. The second-order valence-corrected chi connectivity index (χ2v) is 4.38. The van der Waals surface area contributed by atoms with Crippen LogP contribution in [-0.2, 0) is 4.74 Å². The van der Waals surface area contributed by atoms with Gasteiger partial charge in [-0.3, -0.25) is 9.78 Å². The molecule has 0 radical (unpaired) electrons. The number of rotatable bonds is 1. The van der Waals surface area contributed by atoms with E-state index in [2.05, 4.69) is 20.2 Å². The van der Waals surface area contributed by atoms with E-state index in [1.807, 2.05) is 11.8 Å². The molecule has 100 valence electrons. The van der Waals surface area contributed by atoms with Gasteiger partial charge in [-0.2, -0.15) is 0 Å². The first-order valence-electron chi connectivity index (χ1n) is 5.99. The molecule has 0 unspecified atom stereocenters. The van der Waals surface area contributed by atoms with E-state index < -0.39 is 11.2 Å². The average Bonchev–Trinajstić information content (AvgIpc) is 2.41. The van der Waals surface area contributed by atoms with E-state index in [0.717, 1.165) is 5.56 Å². The van der Waals surface area contributed by atoms with Crippen LogP contribution in [0.1, 0.15) is 5.56 Å². The van der Waals surface area contributed by atoms with Gasteiger partial charge in [-0.15, -0.1) is 10.2 Å². The number of aromatic nitrogens is 4. The molecule has 0 atom stereocenters. The lowest BCUT2D eigenvalue weighted by Gasteiger charge is -2.28. The number of ether oxygens (including phenoxy) is 1. The van der Waals surface area contributed by atoms with Crippen LogP contribution >= 0.6 is 0 Å². The van der Waals surface area contributed by atoms with Crippen LogP contribution in [0.2, 0.25) is 0 Å². The van der Waals surface area contributed by atoms with Gasteiger partial charge in [-0.05, 0) is 6.92 Å². The molecule has 8 nitrogen and oxygen atoms in total. The zero-order valence-corrected chi connectivity index (χ0v) is 10.4. The van der Waals surface area contributed by atoms with Gasteiger partial charge >= 0.3 is 5.69 Å². The lowest BCUT2D eigenvalue weighted by molar-refractivity contribution is 0.122. The summed E-state index contributed by atoms with van der Waals surface area (Å²) in [6, 6.07) is 0. The second kappa shape index (κ2) is 4.47. The highest BCUT2D eigenvalue weighted by Gasteiger charge is 2.18. The van der Waals surface area contributed by atoms with Crippen LogP contribution < -0.4 is 16.1 Å². The standard InChI is InChI=1S/C11H13N5O3/c1-6-7-8(10(17)13-11(18)12-7)14-15-9(6)16-2-4-19-5-3-16/h2-5H2,1H3,(H2,12,13,17,18). The smallest absolute Gasteiger partial charge is 0.326 e. The summed E-state index contributed by atoms with van der Waals surface area (Å²) in [7, 11) is 0. The Labute approximate surface area is 107 Å². The van der Waals surface area contributed by atoms with Gasteiger partial charge in [0.2, 0.25) is 0 Å². The van der Waals surface area contributed by atoms with Gasteiger partial charge in [0.15, 0.2) is 11.3 Å². The van der Waals surface area contributed by atoms with E-state index >= 15 is 0 Å². The van der Waals surface area contributed by atoms with E-state index in [1.165, 1.54) is 0 Å². The minimum atomic E-state index is -0.540. The topological polar surface area (TPSA) is 104 Å². The molecular weight excluding hydrogens is 250 g/mol. The summed E-state index contributed by atoms with van der Waals surface area (Å²) >= 11 is 0. The fraction of sp³-hybridized carbons (Fsp3) is 0.455. The lowest BCUT2D eigenvalue weighted by Crippen LogP contribution is -2.37. The van der Waals surface area contributed by atoms with Crippen molar-refractivity contribution in [2.75, 3.05) is 31.2 Å². The zero-order chi connectivity index (χ0) is 13.4. The predicted molar refractivity (Wildman–Crippen MR) is 68.5 cm³/mol. The van der Waals surface area contributed by atoms with Crippen LogP contribution in [0.3, 0.4) is 0 Å². The van der Waals surface area contributed by atoms with Crippen molar-refractivity contribution in [1.82, 2.24) is 20.2 Å². The molecule has 3 heterocycles. The molecule has 0 spiro atoms. The van der Waals surface area contributed by atoms with Crippen molar-refractivity contribution in [2.45, 2.75) is 6.92 Å². The molecule has 2 aromatic heterocycles. The summed E-state index contributed by atoms with van der Waals surface area (Å²) in [4.78, 5) is 29.8. The van der Waals surface area contributed by atoms with E-state index in [4.69, 9.17) is 4.74 Å². The molecule has 3 rings (SSSR count). The Kier molecular flexibility index (Phi) is 2.79. The first-order chi connectivity index (χ1) is 9.16. The summed E-state index contributed by atoms with van der Waals surface area (Å²) in [6.45, 7) is 4.51. The number of anilines is 1. The van der Waals surface area contributed by atoms with Gasteiger partial charge in [-0.1, -0.05) is 0 Å². The number of aryl methyl sites for hydroxylation is 1. The Morgan fingerprint density at radius 1 is 1.16 bits per heavy atom. The number of fused-ring (bicyclic) bond motifs is 1. The number of H-pyrrole nitrogens is 2. The minimum absolute atomic E-state index is 0.147. The minimum Gasteiger partial charge on any atom is -0.378 e. The van der Waals surface area contributed by atoms with Gasteiger partial charge in [0, 0.05) is 18.7 Å². The third-order valence-electron chi connectivity index (χ3n) is 3.18. The van der Waals surface area contributed by atoms with Crippen molar-refractivity contribution in [2.24, 2.45) is 0 Å². The maximum Gasteiger partial charge on any atom is 0.326 e. The van der Waals surface area contributed by atoms with E-state index in [-0.39, 0.29) is 5.52 Å². The van der Waals surface area contributed by atoms with Gasteiger partial charge < -0.3 is 14.6 Å². The van der Waals surface area contributed by atoms with Crippen molar-refractivity contribution in [3.63, 3.8) is 0 Å². The average molecular weight is 263 g/mol. The summed E-state index contributed by atoms with van der Waals surface area (Å²) < 4.78 is 5.28. The first kappa shape index (κ1) is 11.8. The second-order valence-electron chi connectivity index (χ2n) is 4.38. The van der Waals surface area contributed by atoms with Crippen LogP contribution in [0.15, 0.2) is 9.59 Å². The van der Waals surface area contributed by atoms with Crippen LogP contribution in [0, 0.1) is 6.92 Å².